The lowest BCUT2D eigenvalue weighted by Gasteiger charge is -1.92. The first-order chi connectivity index (χ1) is 6.11. The van der Waals surface area contributed by atoms with Gasteiger partial charge in [0.15, 0.2) is 0 Å². The van der Waals surface area contributed by atoms with E-state index in [9.17, 15) is 14.4 Å². The molecule has 0 saturated heterocycles. The van der Waals surface area contributed by atoms with Crippen LogP contribution in [0.1, 0.15) is 16.8 Å². The van der Waals surface area contributed by atoms with Crippen LogP contribution in [0.4, 0.5) is 0 Å². The smallest absolute Gasteiger partial charge is 0.311 e. The molecule has 1 rings (SSSR count). The number of carbonyl (C=O) groups excluding carboxylic acids is 2. The fourth-order valence-corrected chi connectivity index (χ4v) is 0.844. The molecular weight excluding hydrogens is 174 g/mol. The van der Waals surface area contributed by atoms with E-state index >= 15 is 0 Å². The predicted molar refractivity (Wildman–Crippen MR) is 42.4 cm³/mol. The van der Waals surface area contributed by atoms with Gasteiger partial charge in [-0.2, -0.15) is 0 Å². The van der Waals surface area contributed by atoms with Crippen LogP contribution in [0.2, 0.25) is 0 Å². The van der Waals surface area contributed by atoms with E-state index in [0.717, 1.165) is 0 Å². The van der Waals surface area contributed by atoms with Crippen molar-refractivity contribution in [2.75, 3.05) is 0 Å². The lowest BCUT2D eigenvalue weighted by Crippen LogP contribution is -2.17. The van der Waals surface area contributed by atoms with Gasteiger partial charge in [-0.05, 0) is 6.07 Å². The maximum Gasteiger partial charge on any atom is 0.311 e. The summed E-state index contributed by atoms with van der Waals surface area (Å²) >= 11 is 0. The van der Waals surface area contributed by atoms with Gasteiger partial charge < -0.3 is 10.1 Å². The number of ketones is 2. The van der Waals surface area contributed by atoms with Crippen molar-refractivity contribution in [3.05, 3.63) is 24.0 Å². The number of Topliss-reactive ketones (excluding diaryl/α,β-unsaturated/α-hetero) is 2. The molecule has 0 bridgehead atoms. The van der Waals surface area contributed by atoms with Crippen LogP contribution in [0.15, 0.2) is 18.5 Å². The van der Waals surface area contributed by atoms with E-state index < -0.39 is 24.0 Å². The third-order valence-corrected chi connectivity index (χ3v) is 1.43. The van der Waals surface area contributed by atoms with Crippen molar-refractivity contribution in [3.8, 4) is 0 Å². The van der Waals surface area contributed by atoms with E-state index in [1.807, 2.05) is 0 Å². The standard InChI is InChI=1S/C8H7NO4/c10-6(3-7(11)12)8(13)5-1-2-9-4-5/h1-2,4,9H,3H2,(H,11,12). The lowest BCUT2D eigenvalue weighted by molar-refractivity contribution is -0.139. The van der Waals surface area contributed by atoms with Crippen molar-refractivity contribution in [2.24, 2.45) is 0 Å². The first-order valence-electron chi connectivity index (χ1n) is 3.53. The Morgan fingerprint density at radius 2 is 2.08 bits per heavy atom. The number of aliphatic carboxylic acids is 1. The van der Waals surface area contributed by atoms with Crippen LogP contribution in [0.25, 0.3) is 0 Å². The van der Waals surface area contributed by atoms with Crippen LogP contribution in [0.5, 0.6) is 0 Å². The number of hydrogen-bond acceptors (Lipinski definition) is 3. The fourth-order valence-electron chi connectivity index (χ4n) is 0.844. The molecule has 5 heteroatoms. The number of hydrogen-bond donors (Lipinski definition) is 2. The molecule has 13 heavy (non-hydrogen) atoms. The van der Waals surface area contributed by atoms with Crippen molar-refractivity contribution in [1.29, 1.82) is 0 Å². The zero-order valence-electron chi connectivity index (χ0n) is 6.61. The third-order valence-electron chi connectivity index (χ3n) is 1.43. The monoisotopic (exact) mass is 181 g/mol. The summed E-state index contributed by atoms with van der Waals surface area (Å²) in [5.41, 5.74) is 0.186. The van der Waals surface area contributed by atoms with E-state index in [0.29, 0.717) is 0 Å². The summed E-state index contributed by atoms with van der Waals surface area (Å²) < 4.78 is 0. The SMILES string of the molecule is O=C(O)CC(=O)C(=O)c1cc[nH]c1. The van der Waals surface area contributed by atoms with Gasteiger partial charge in [-0.3, -0.25) is 14.4 Å². The molecule has 68 valence electrons. The average Bonchev–Trinajstić information content (AvgIpc) is 2.53. The van der Waals surface area contributed by atoms with Crippen molar-refractivity contribution >= 4 is 17.5 Å². The largest absolute Gasteiger partial charge is 0.481 e. The highest BCUT2D eigenvalue weighted by atomic mass is 16.4. The Bertz CT molecular complexity index is 339. The zero-order valence-corrected chi connectivity index (χ0v) is 6.61. The van der Waals surface area contributed by atoms with Gasteiger partial charge in [0.1, 0.15) is 6.42 Å². The maximum atomic E-state index is 11.1. The predicted octanol–water partition coefficient (Wildman–Crippen LogP) is 0.241. The molecule has 0 saturated carbocycles. The Labute approximate surface area is 73.4 Å². The zero-order chi connectivity index (χ0) is 9.84. The quantitative estimate of drug-likeness (QED) is 0.395. The van der Waals surface area contributed by atoms with Crippen LogP contribution in [-0.2, 0) is 9.59 Å². The maximum absolute atomic E-state index is 11.1. The molecule has 1 aromatic rings. The summed E-state index contributed by atoms with van der Waals surface area (Å²) in [5, 5.41) is 8.25. The molecule has 0 fully saturated rings. The first kappa shape index (κ1) is 9.18. The summed E-state index contributed by atoms with van der Waals surface area (Å²) in [6, 6.07) is 1.42. The number of carboxylic acids is 1. The van der Waals surface area contributed by atoms with Crippen LogP contribution < -0.4 is 0 Å². The van der Waals surface area contributed by atoms with Crippen LogP contribution in [0, 0.1) is 0 Å². The van der Waals surface area contributed by atoms with E-state index in [2.05, 4.69) is 4.98 Å². The van der Waals surface area contributed by atoms with Crippen molar-refractivity contribution in [3.63, 3.8) is 0 Å². The minimum Gasteiger partial charge on any atom is -0.481 e. The number of aromatic nitrogens is 1. The van der Waals surface area contributed by atoms with Gasteiger partial charge in [-0.1, -0.05) is 0 Å². The molecule has 5 nitrogen and oxygen atoms in total. The third kappa shape index (κ3) is 2.26. The number of rotatable bonds is 4. The van der Waals surface area contributed by atoms with E-state index in [1.165, 1.54) is 18.5 Å². The van der Waals surface area contributed by atoms with Gasteiger partial charge in [0, 0.05) is 18.0 Å². The molecule has 0 aromatic carbocycles. The fraction of sp³-hybridized carbons (Fsp3) is 0.125. The van der Waals surface area contributed by atoms with Crippen molar-refractivity contribution in [2.45, 2.75) is 6.42 Å². The second-order valence-corrected chi connectivity index (χ2v) is 2.42. The Hall–Kier alpha value is -1.91. The van der Waals surface area contributed by atoms with Crippen LogP contribution in [0.3, 0.4) is 0 Å². The average molecular weight is 181 g/mol. The summed E-state index contributed by atoms with van der Waals surface area (Å²) in [6.45, 7) is 0. The normalized spacial score (nSPS) is 9.54. The number of nitrogens with one attached hydrogen (secondary N) is 1. The Kier molecular flexibility index (Phi) is 2.59. The first-order valence-corrected chi connectivity index (χ1v) is 3.53. The molecule has 0 aliphatic carbocycles. The summed E-state index contributed by atoms with van der Waals surface area (Å²) in [7, 11) is 0. The summed E-state index contributed by atoms with van der Waals surface area (Å²) in [4.78, 5) is 34.7. The molecule has 1 heterocycles. The number of carboxylic acid groups (broad SMARTS) is 1. The lowest BCUT2D eigenvalue weighted by atomic mass is 10.1. The van der Waals surface area contributed by atoms with Gasteiger partial charge in [0.05, 0.1) is 0 Å². The van der Waals surface area contributed by atoms with Gasteiger partial charge in [0.25, 0.3) is 0 Å². The highest BCUT2D eigenvalue weighted by Gasteiger charge is 2.18. The number of aromatic amines is 1. The molecule has 0 atom stereocenters. The van der Waals surface area contributed by atoms with Crippen LogP contribution in [-0.4, -0.2) is 27.6 Å². The van der Waals surface area contributed by atoms with E-state index in [-0.39, 0.29) is 5.56 Å². The number of carbonyl (C=O) groups is 3. The topological polar surface area (TPSA) is 87.2 Å². The van der Waals surface area contributed by atoms with Gasteiger partial charge in [-0.25, -0.2) is 0 Å². The second-order valence-electron chi connectivity index (χ2n) is 2.42. The molecule has 0 unspecified atom stereocenters. The Balaban J connectivity index is 2.69. The highest BCUT2D eigenvalue weighted by molar-refractivity contribution is 6.45. The van der Waals surface area contributed by atoms with Gasteiger partial charge in [-0.15, -0.1) is 0 Å². The Morgan fingerprint density at radius 1 is 1.38 bits per heavy atom. The molecular formula is C8H7NO4. The van der Waals surface area contributed by atoms with Gasteiger partial charge in [0.2, 0.25) is 11.6 Å². The minimum atomic E-state index is -1.30. The molecule has 0 spiro atoms. The van der Waals surface area contributed by atoms with Crippen molar-refractivity contribution < 1.29 is 19.5 Å². The minimum absolute atomic E-state index is 0.186. The van der Waals surface area contributed by atoms with E-state index in [4.69, 9.17) is 5.11 Å². The molecule has 2 N–H and O–H groups in total. The van der Waals surface area contributed by atoms with Crippen LogP contribution >= 0.6 is 0 Å². The highest BCUT2D eigenvalue weighted by Crippen LogP contribution is 2.00. The van der Waals surface area contributed by atoms with Gasteiger partial charge >= 0.3 is 5.97 Å². The van der Waals surface area contributed by atoms with Crippen molar-refractivity contribution in [1.82, 2.24) is 4.98 Å². The molecule has 0 amide bonds. The summed E-state index contributed by atoms with van der Waals surface area (Å²) in [6.07, 6.45) is 2.08. The Morgan fingerprint density at radius 3 is 2.54 bits per heavy atom. The molecule has 0 aliphatic rings. The van der Waals surface area contributed by atoms with E-state index in [1.54, 1.807) is 0 Å². The molecule has 1 aromatic heterocycles. The molecule has 0 aliphatic heterocycles. The molecule has 0 radical (unpaired) electrons. The second kappa shape index (κ2) is 3.66. The number of H-pyrrole nitrogens is 1. The summed E-state index contributed by atoms with van der Waals surface area (Å²) in [5.74, 6) is -2.98.